The van der Waals surface area contributed by atoms with Gasteiger partial charge >= 0.3 is 0 Å². The van der Waals surface area contributed by atoms with Crippen LogP contribution in [0.15, 0.2) is 16.8 Å². The molecule has 0 radical (unpaired) electrons. The van der Waals surface area contributed by atoms with E-state index in [2.05, 4.69) is 31.1 Å². The van der Waals surface area contributed by atoms with Crippen molar-refractivity contribution >= 4 is 6.21 Å². The fourth-order valence-corrected chi connectivity index (χ4v) is 0.800. The summed E-state index contributed by atoms with van der Waals surface area (Å²) in [7, 11) is 0. The quantitative estimate of drug-likeness (QED) is 0.539. The molecule has 0 unspecified atom stereocenters. The van der Waals surface area contributed by atoms with E-state index in [-0.39, 0.29) is 5.41 Å². The molecule has 0 aliphatic carbocycles. The largest absolute Gasteiger partial charge is 0.372 e. The molecular formula is C8H14N2. The number of hydrogen-bond donors (Lipinski definition) is 1. The van der Waals surface area contributed by atoms with Crippen molar-refractivity contribution in [2.24, 2.45) is 10.4 Å². The second kappa shape index (κ2) is 2.45. The van der Waals surface area contributed by atoms with Gasteiger partial charge < -0.3 is 5.32 Å². The van der Waals surface area contributed by atoms with Gasteiger partial charge in [-0.2, -0.15) is 0 Å². The van der Waals surface area contributed by atoms with Crippen LogP contribution in [0.5, 0.6) is 0 Å². The number of nitrogens with zero attached hydrogens (tertiary/aromatic N) is 1. The minimum atomic E-state index is 0.219. The normalized spacial score (nSPS) is 18.1. The molecule has 0 aromatic rings. The summed E-state index contributed by atoms with van der Waals surface area (Å²) in [6.45, 7) is 7.26. The van der Waals surface area contributed by atoms with Gasteiger partial charge in [-0.3, -0.25) is 4.99 Å². The first-order valence-corrected chi connectivity index (χ1v) is 3.54. The van der Waals surface area contributed by atoms with Gasteiger partial charge in [-0.25, -0.2) is 0 Å². The Balaban J connectivity index is 2.73. The highest BCUT2D eigenvalue weighted by Crippen LogP contribution is 2.23. The zero-order valence-corrected chi connectivity index (χ0v) is 6.81. The van der Waals surface area contributed by atoms with Gasteiger partial charge in [0.2, 0.25) is 0 Å². The van der Waals surface area contributed by atoms with E-state index in [0.717, 1.165) is 6.67 Å². The predicted molar refractivity (Wildman–Crippen MR) is 44.0 cm³/mol. The Morgan fingerprint density at radius 1 is 1.50 bits per heavy atom. The molecule has 0 aromatic heterocycles. The Hall–Kier alpha value is -0.790. The van der Waals surface area contributed by atoms with E-state index in [1.165, 1.54) is 5.57 Å². The van der Waals surface area contributed by atoms with Crippen LogP contribution in [0.4, 0.5) is 0 Å². The molecule has 2 heteroatoms. The van der Waals surface area contributed by atoms with Crippen LogP contribution >= 0.6 is 0 Å². The number of aliphatic imine (C=N–C) groups is 1. The van der Waals surface area contributed by atoms with Crippen molar-refractivity contribution in [1.82, 2.24) is 5.32 Å². The highest BCUT2D eigenvalue weighted by Gasteiger charge is 2.15. The average Bonchev–Trinajstić information content (AvgIpc) is 1.88. The highest BCUT2D eigenvalue weighted by molar-refractivity contribution is 5.80. The molecule has 0 aromatic carbocycles. The average molecular weight is 138 g/mol. The fourth-order valence-electron chi connectivity index (χ4n) is 0.800. The number of allylic oxidation sites excluding steroid dienone is 1. The smallest absolute Gasteiger partial charge is 0.107 e. The van der Waals surface area contributed by atoms with Crippen LogP contribution in [0, 0.1) is 5.41 Å². The molecule has 0 atom stereocenters. The van der Waals surface area contributed by atoms with Gasteiger partial charge in [-0.15, -0.1) is 0 Å². The molecule has 0 spiro atoms. The van der Waals surface area contributed by atoms with Crippen LogP contribution in [0.25, 0.3) is 0 Å². The molecule has 1 N–H and O–H groups in total. The number of nitrogens with one attached hydrogen (secondary N) is 1. The summed E-state index contributed by atoms with van der Waals surface area (Å²) in [5, 5.41) is 3.08. The summed E-state index contributed by atoms with van der Waals surface area (Å²) >= 11 is 0. The van der Waals surface area contributed by atoms with Crippen molar-refractivity contribution in [2.75, 3.05) is 6.67 Å². The zero-order chi connectivity index (χ0) is 7.61. The first-order valence-electron chi connectivity index (χ1n) is 3.54. The monoisotopic (exact) mass is 138 g/mol. The molecule has 0 saturated heterocycles. The second-order valence-corrected chi connectivity index (χ2v) is 3.52. The lowest BCUT2D eigenvalue weighted by Crippen LogP contribution is -2.19. The Bertz CT molecular complexity index is 172. The molecule has 56 valence electrons. The van der Waals surface area contributed by atoms with E-state index in [4.69, 9.17) is 0 Å². The van der Waals surface area contributed by atoms with Crippen molar-refractivity contribution in [3.8, 4) is 0 Å². The summed E-state index contributed by atoms with van der Waals surface area (Å²) < 4.78 is 0. The van der Waals surface area contributed by atoms with Crippen molar-refractivity contribution in [3.63, 3.8) is 0 Å². The van der Waals surface area contributed by atoms with Gasteiger partial charge in [0.15, 0.2) is 0 Å². The van der Waals surface area contributed by atoms with Crippen LogP contribution in [-0.2, 0) is 0 Å². The van der Waals surface area contributed by atoms with Crippen LogP contribution in [0.2, 0.25) is 0 Å². The minimum Gasteiger partial charge on any atom is -0.372 e. The van der Waals surface area contributed by atoms with Gasteiger partial charge in [-0.05, 0) is 11.0 Å². The molecular weight excluding hydrogens is 124 g/mol. The standard InChI is InChI=1S/C8H14N2/c1-8(2,3)7-4-9-6-10-5-7/h4-5,9H,6H2,1-3H3. The van der Waals surface area contributed by atoms with Gasteiger partial charge in [-0.1, -0.05) is 20.8 Å². The third kappa shape index (κ3) is 1.59. The van der Waals surface area contributed by atoms with Crippen molar-refractivity contribution in [2.45, 2.75) is 20.8 Å². The molecule has 0 fully saturated rings. The first-order chi connectivity index (χ1) is 4.61. The molecule has 0 amide bonds. The van der Waals surface area contributed by atoms with E-state index in [9.17, 15) is 0 Å². The van der Waals surface area contributed by atoms with E-state index in [1.54, 1.807) is 0 Å². The number of rotatable bonds is 0. The van der Waals surface area contributed by atoms with E-state index in [0.29, 0.717) is 0 Å². The maximum absolute atomic E-state index is 4.12. The predicted octanol–water partition coefficient (Wildman–Crippen LogP) is 1.55. The van der Waals surface area contributed by atoms with E-state index < -0.39 is 0 Å². The number of hydrogen-bond acceptors (Lipinski definition) is 2. The Labute approximate surface area is 62.0 Å². The summed E-state index contributed by atoms with van der Waals surface area (Å²) in [6.07, 6.45) is 3.98. The second-order valence-electron chi connectivity index (χ2n) is 3.52. The molecule has 1 rings (SSSR count). The molecule has 1 aliphatic rings. The lowest BCUT2D eigenvalue weighted by molar-refractivity contribution is 0.519. The van der Waals surface area contributed by atoms with Crippen LogP contribution in [0.1, 0.15) is 20.8 Å². The van der Waals surface area contributed by atoms with Crippen molar-refractivity contribution < 1.29 is 0 Å². The van der Waals surface area contributed by atoms with E-state index in [1.807, 2.05) is 12.4 Å². The molecule has 0 saturated carbocycles. The van der Waals surface area contributed by atoms with Gasteiger partial charge in [0.1, 0.15) is 6.67 Å². The zero-order valence-electron chi connectivity index (χ0n) is 6.81. The summed E-state index contributed by atoms with van der Waals surface area (Å²) in [5.41, 5.74) is 1.48. The lowest BCUT2D eigenvalue weighted by Gasteiger charge is -2.21. The van der Waals surface area contributed by atoms with Gasteiger partial charge in [0.05, 0.1) is 0 Å². The minimum absolute atomic E-state index is 0.219. The SMILES string of the molecule is CC(C)(C)C1=CNCN=C1. The van der Waals surface area contributed by atoms with E-state index >= 15 is 0 Å². The molecule has 1 aliphatic heterocycles. The van der Waals surface area contributed by atoms with Crippen molar-refractivity contribution in [3.05, 3.63) is 11.8 Å². The molecule has 0 bridgehead atoms. The van der Waals surface area contributed by atoms with Crippen LogP contribution < -0.4 is 5.32 Å². The molecule has 2 nitrogen and oxygen atoms in total. The highest BCUT2D eigenvalue weighted by atomic mass is 15.0. The van der Waals surface area contributed by atoms with Gasteiger partial charge in [0.25, 0.3) is 0 Å². The lowest BCUT2D eigenvalue weighted by atomic mass is 9.87. The summed E-state index contributed by atoms with van der Waals surface area (Å²) in [6, 6.07) is 0. The van der Waals surface area contributed by atoms with Gasteiger partial charge in [0, 0.05) is 12.4 Å². The molecule has 1 heterocycles. The maximum atomic E-state index is 4.12. The topological polar surface area (TPSA) is 24.4 Å². The first kappa shape index (κ1) is 7.32. The molecule has 10 heavy (non-hydrogen) atoms. The van der Waals surface area contributed by atoms with Crippen LogP contribution in [-0.4, -0.2) is 12.9 Å². The maximum Gasteiger partial charge on any atom is 0.107 e. The third-order valence-corrected chi connectivity index (χ3v) is 1.54. The van der Waals surface area contributed by atoms with Crippen molar-refractivity contribution in [1.29, 1.82) is 0 Å². The Morgan fingerprint density at radius 3 is 2.50 bits per heavy atom. The summed E-state index contributed by atoms with van der Waals surface area (Å²) in [5.74, 6) is 0. The Morgan fingerprint density at radius 2 is 2.20 bits per heavy atom. The van der Waals surface area contributed by atoms with Crippen LogP contribution in [0.3, 0.4) is 0 Å². The third-order valence-electron chi connectivity index (χ3n) is 1.54. The Kier molecular flexibility index (Phi) is 1.79. The fraction of sp³-hybridized carbons (Fsp3) is 0.625. The summed E-state index contributed by atoms with van der Waals surface area (Å²) in [4.78, 5) is 4.12.